The molecule has 1 aromatic carbocycles. The topological polar surface area (TPSA) is 76.3 Å². The minimum absolute atomic E-state index is 0. The third-order valence-electron chi connectivity index (χ3n) is 6.26. The van der Waals surface area contributed by atoms with E-state index < -0.39 is 0 Å². The molecule has 4 heterocycles. The summed E-state index contributed by atoms with van der Waals surface area (Å²) < 4.78 is 0. The van der Waals surface area contributed by atoms with Crippen molar-refractivity contribution >= 4 is 53.1 Å². The minimum Gasteiger partial charge on any atom is -0.369 e. The lowest BCUT2D eigenvalue weighted by Gasteiger charge is -2.29. The molecule has 1 atom stereocenters. The van der Waals surface area contributed by atoms with Crippen molar-refractivity contribution in [1.82, 2.24) is 20.2 Å². The van der Waals surface area contributed by atoms with Crippen molar-refractivity contribution in [2.75, 3.05) is 50.0 Å². The summed E-state index contributed by atoms with van der Waals surface area (Å²) in [5.41, 5.74) is 4.02. The number of rotatable bonds is 4. The Morgan fingerprint density at radius 1 is 1.09 bits per heavy atom. The Kier molecular flexibility index (Phi) is 8.00. The highest BCUT2D eigenvalue weighted by Gasteiger charge is 2.24. The first kappa shape index (κ1) is 24.3. The number of H-pyrrole nitrogens is 1. The summed E-state index contributed by atoms with van der Waals surface area (Å²) in [6.07, 6.45) is 4.22. The van der Waals surface area contributed by atoms with E-state index in [1.807, 2.05) is 36.5 Å². The van der Waals surface area contributed by atoms with Gasteiger partial charge in [-0.25, -0.2) is 4.98 Å². The minimum atomic E-state index is -0.143. The van der Waals surface area contributed by atoms with Gasteiger partial charge in [-0.1, -0.05) is 0 Å². The Labute approximate surface area is 200 Å². The molecule has 1 amide bonds. The van der Waals surface area contributed by atoms with Gasteiger partial charge in [0.1, 0.15) is 5.82 Å². The number of anilines is 2. The number of nitrogens with one attached hydrogen (secondary N) is 3. The van der Waals surface area contributed by atoms with Crippen molar-refractivity contribution in [3.8, 4) is 0 Å². The van der Waals surface area contributed by atoms with Gasteiger partial charge in [0.15, 0.2) is 0 Å². The van der Waals surface area contributed by atoms with Crippen molar-refractivity contribution in [2.45, 2.75) is 18.9 Å². The molecule has 9 heteroatoms. The van der Waals surface area contributed by atoms with E-state index in [0.717, 1.165) is 49.3 Å². The summed E-state index contributed by atoms with van der Waals surface area (Å²) in [5.74, 6) is 0.419. The summed E-state index contributed by atoms with van der Waals surface area (Å²) in [5, 5.41) is 7.36. The zero-order valence-corrected chi connectivity index (χ0v) is 19.8. The molecule has 0 spiro atoms. The second-order valence-electron chi connectivity index (χ2n) is 8.26. The Morgan fingerprint density at radius 2 is 1.84 bits per heavy atom. The number of nitrogens with zero attached hydrogens (tertiary/aromatic N) is 3. The van der Waals surface area contributed by atoms with E-state index in [1.54, 1.807) is 0 Å². The fourth-order valence-electron chi connectivity index (χ4n) is 4.53. The number of halogens is 2. The number of likely N-dealkylation sites (tertiary alicyclic amines) is 1. The molecule has 3 N–H and O–H groups in total. The third-order valence-corrected chi connectivity index (χ3v) is 6.26. The first-order chi connectivity index (χ1) is 14.7. The Balaban J connectivity index is 0.00000144. The molecule has 2 aliphatic heterocycles. The molecule has 0 saturated carbocycles. The molecule has 2 fully saturated rings. The zero-order chi connectivity index (χ0) is 20.5. The SMILES string of the molecule is CN1CCC[C@@H]1c1cc2cnc(NC(=O)c3ccc(N4CCNCC4)cc3)cc2[nH]1.Cl.Cl. The molecule has 0 unspecified atom stereocenters. The third kappa shape index (κ3) is 5.02. The number of aromatic amines is 1. The maximum Gasteiger partial charge on any atom is 0.256 e. The van der Waals surface area contributed by atoms with Crippen LogP contribution in [0.15, 0.2) is 42.6 Å². The number of fused-ring (bicyclic) bond motifs is 1. The Hall–Kier alpha value is -2.32. The number of hydrogen-bond acceptors (Lipinski definition) is 5. The standard InChI is InChI=1S/C23H28N6O.2ClH/c1-28-10-2-3-21(28)20-13-17-15-25-22(14-19(17)26-20)27-23(30)16-4-6-18(7-5-16)29-11-8-24-9-12-29;;/h4-7,13-15,21,24,26H,2-3,8-12H2,1H3,(H,25,27,30);2*1H/t21-;;/m1../s1. The van der Waals surface area contributed by atoms with Gasteiger partial charge in [-0.05, 0) is 56.8 Å². The van der Waals surface area contributed by atoms with E-state index >= 15 is 0 Å². The maximum absolute atomic E-state index is 12.7. The average molecular weight is 477 g/mol. The molecular weight excluding hydrogens is 447 g/mol. The Bertz CT molecular complexity index is 1050. The van der Waals surface area contributed by atoms with Crippen LogP contribution in [0.3, 0.4) is 0 Å². The van der Waals surface area contributed by atoms with Gasteiger partial charge >= 0.3 is 0 Å². The molecule has 172 valence electrons. The van der Waals surface area contributed by atoms with Crippen LogP contribution < -0.4 is 15.5 Å². The molecule has 3 aromatic rings. The number of carbonyl (C=O) groups excluding carboxylic acids is 1. The molecule has 0 aliphatic carbocycles. The molecule has 2 aliphatic rings. The summed E-state index contributed by atoms with van der Waals surface area (Å²) >= 11 is 0. The number of benzene rings is 1. The van der Waals surface area contributed by atoms with Gasteiger partial charge in [-0.15, -0.1) is 24.8 Å². The highest BCUT2D eigenvalue weighted by Crippen LogP contribution is 2.32. The van der Waals surface area contributed by atoms with Gasteiger partial charge < -0.3 is 20.5 Å². The summed E-state index contributed by atoms with van der Waals surface area (Å²) in [7, 11) is 2.17. The second-order valence-corrected chi connectivity index (χ2v) is 8.26. The van der Waals surface area contributed by atoms with Crippen LogP contribution in [0.5, 0.6) is 0 Å². The predicted molar refractivity (Wildman–Crippen MR) is 135 cm³/mol. The molecule has 0 radical (unpaired) electrons. The normalized spacial score (nSPS) is 18.8. The van der Waals surface area contributed by atoms with Gasteiger partial charge in [0.25, 0.3) is 5.91 Å². The fourth-order valence-corrected chi connectivity index (χ4v) is 4.53. The number of pyridine rings is 1. The smallest absolute Gasteiger partial charge is 0.256 e. The number of hydrogen-bond donors (Lipinski definition) is 3. The predicted octanol–water partition coefficient (Wildman–Crippen LogP) is 3.84. The van der Waals surface area contributed by atoms with Crippen LogP contribution >= 0.6 is 24.8 Å². The number of amides is 1. The molecule has 5 rings (SSSR count). The van der Waals surface area contributed by atoms with Crippen LogP contribution in [0.4, 0.5) is 11.5 Å². The first-order valence-corrected chi connectivity index (χ1v) is 10.7. The van der Waals surface area contributed by atoms with Gasteiger partial charge in [0.05, 0.1) is 5.52 Å². The number of carbonyl (C=O) groups is 1. The van der Waals surface area contributed by atoms with E-state index in [2.05, 4.69) is 43.5 Å². The lowest BCUT2D eigenvalue weighted by Crippen LogP contribution is -2.43. The van der Waals surface area contributed by atoms with Crippen molar-refractivity contribution in [2.24, 2.45) is 0 Å². The second kappa shape index (κ2) is 10.5. The van der Waals surface area contributed by atoms with Gasteiger partial charge in [0.2, 0.25) is 0 Å². The largest absolute Gasteiger partial charge is 0.369 e. The molecule has 0 bridgehead atoms. The van der Waals surface area contributed by atoms with Crippen LogP contribution in [-0.2, 0) is 0 Å². The zero-order valence-electron chi connectivity index (χ0n) is 18.1. The molecular formula is C23H30Cl2N6O. The molecule has 7 nitrogen and oxygen atoms in total. The fraction of sp³-hybridized carbons (Fsp3) is 0.391. The van der Waals surface area contributed by atoms with Gasteiger partial charge in [0, 0.05) is 66.8 Å². The van der Waals surface area contributed by atoms with E-state index in [4.69, 9.17) is 0 Å². The van der Waals surface area contributed by atoms with Gasteiger partial charge in [-0.2, -0.15) is 0 Å². The molecule has 32 heavy (non-hydrogen) atoms. The van der Waals surface area contributed by atoms with Crippen LogP contribution in [0.1, 0.15) is 34.9 Å². The van der Waals surface area contributed by atoms with Crippen molar-refractivity contribution in [1.29, 1.82) is 0 Å². The van der Waals surface area contributed by atoms with E-state index in [9.17, 15) is 4.79 Å². The van der Waals surface area contributed by atoms with Crippen molar-refractivity contribution in [3.63, 3.8) is 0 Å². The highest BCUT2D eigenvalue weighted by atomic mass is 35.5. The summed E-state index contributed by atoms with van der Waals surface area (Å²) in [4.78, 5) is 25.4. The van der Waals surface area contributed by atoms with Crippen LogP contribution in [0.2, 0.25) is 0 Å². The average Bonchev–Trinajstić information content (AvgIpc) is 3.39. The summed E-state index contributed by atoms with van der Waals surface area (Å²) in [6, 6.07) is 12.3. The lowest BCUT2D eigenvalue weighted by molar-refractivity contribution is 0.102. The van der Waals surface area contributed by atoms with Crippen LogP contribution in [0, 0.1) is 0 Å². The molecule has 2 aromatic heterocycles. The maximum atomic E-state index is 12.7. The summed E-state index contributed by atoms with van der Waals surface area (Å²) in [6.45, 7) is 5.10. The van der Waals surface area contributed by atoms with Gasteiger partial charge in [-0.3, -0.25) is 9.69 Å². The quantitative estimate of drug-likeness (QED) is 0.533. The number of piperazine rings is 1. The van der Waals surface area contributed by atoms with Crippen LogP contribution in [0.25, 0.3) is 10.9 Å². The first-order valence-electron chi connectivity index (χ1n) is 10.7. The van der Waals surface area contributed by atoms with E-state index in [0.29, 0.717) is 17.4 Å². The van der Waals surface area contributed by atoms with Crippen molar-refractivity contribution < 1.29 is 4.79 Å². The highest BCUT2D eigenvalue weighted by molar-refractivity contribution is 6.04. The molecule has 2 saturated heterocycles. The monoisotopic (exact) mass is 476 g/mol. The van der Waals surface area contributed by atoms with Crippen molar-refractivity contribution in [3.05, 3.63) is 53.9 Å². The van der Waals surface area contributed by atoms with E-state index in [1.165, 1.54) is 18.5 Å². The number of aromatic nitrogens is 2. The van der Waals surface area contributed by atoms with Crippen LogP contribution in [-0.4, -0.2) is 60.5 Å². The van der Waals surface area contributed by atoms with E-state index in [-0.39, 0.29) is 30.7 Å². The Morgan fingerprint density at radius 3 is 2.53 bits per heavy atom. The lowest BCUT2D eigenvalue weighted by atomic mass is 10.1.